The van der Waals surface area contributed by atoms with E-state index < -0.39 is 11.6 Å². The predicted octanol–water partition coefficient (Wildman–Crippen LogP) is 1.39. The monoisotopic (exact) mass is 256 g/mol. The van der Waals surface area contributed by atoms with Gasteiger partial charge >= 0.3 is 5.97 Å². The van der Waals surface area contributed by atoms with Gasteiger partial charge in [0.05, 0.1) is 11.2 Å². The molecule has 0 radical (unpaired) electrons. The van der Waals surface area contributed by atoms with Crippen LogP contribution in [0.15, 0.2) is 12.1 Å². The summed E-state index contributed by atoms with van der Waals surface area (Å²) in [5.74, 6) is -0.547. The van der Waals surface area contributed by atoms with Gasteiger partial charge in [-0.2, -0.15) is 0 Å². The number of anilines is 1. The number of carboxylic acid groups (broad SMARTS) is 1. The highest BCUT2D eigenvalue weighted by molar-refractivity contribution is 6.29. The minimum atomic E-state index is -1.04. The Labute approximate surface area is 104 Å². The summed E-state index contributed by atoms with van der Waals surface area (Å²) in [5, 5.41) is 18.9. The van der Waals surface area contributed by atoms with E-state index in [2.05, 4.69) is 4.98 Å². The van der Waals surface area contributed by atoms with Crippen molar-refractivity contribution in [3.8, 4) is 0 Å². The minimum absolute atomic E-state index is 0.103. The Kier molecular flexibility index (Phi) is 2.97. The molecule has 1 aromatic rings. The minimum Gasteiger partial charge on any atom is -0.478 e. The van der Waals surface area contributed by atoms with Crippen LogP contribution in [0.25, 0.3) is 0 Å². The van der Waals surface area contributed by atoms with Crippen molar-refractivity contribution in [3.05, 3.63) is 22.8 Å². The Balaban J connectivity index is 2.30. The Bertz CT molecular complexity index is 462. The number of pyridine rings is 1. The van der Waals surface area contributed by atoms with Crippen LogP contribution < -0.4 is 4.90 Å². The summed E-state index contributed by atoms with van der Waals surface area (Å²) >= 11 is 5.78. The van der Waals surface area contributed by atoms with Crippen LogP contribution in [0.5, 0.6) is 0 Å². The Morgan fingerprint density at radius 1 is 1.59 bits per heavy atom. The SMILES string of the molecule is CC1(O)CCN(c2cc(C(=O)O)cc(Cl)n2)C1. The number of halogens is 1. The fourth-order valence-corrected chi connectivity index (χ4v) is 2.11. The van der Waals surface area contributed by atoms with E-state index in [1.54, 1.807) is 6.92 Å². The van der Waals surface area contributed by atoms with E-state index in [4.69, 9.17) is 16.7 Å². The lowest BCUT2D eigenvalue weighted by atomic mass is 10.1. The molecule has 0 bridgehead atoms. The van der Waals surface area contributed by atoms with Gasteiger partial charge in [0.1, 0.15) is 11.0 Å². The van der Waals surface area contributed by atoms with Crippen molar-refractivity contribution in [3.63, 3.8) is 0 Å². The summed E-state index contributed by atoms with van der Waals surface area (Å²) in [6, 6.07) is 2.78. The van der Waals surface area contributed by atoms with Crippen LogP contribution in [-0.4, -0.2) is 39.9 Å². The van der Waals surface area contributed by atoms with Crippen molar-refractivity contribution in [2.45, 2.75) is 18.9 Å². The van der Waals surface area contributed by atoms with Gasteiger partial charge in [-0.25, -0.2) is 9.78 Å². The Hall–Kier alpha value is -1.33. The molecule has 1 aromatic heterocycles. The van der Waals surface area contributed by atoms with Crippen molar-refractivity contribution in [2.75, 3.05) is 18.0 Å². The van der Waals surface area contributed by atoms with E-state index in [0.29, 0.717) is 25.3 Å². The van der Waals surface area contributed by atoms with Crippen LogP contribution in [0.4, 0.5) is 5.82 Å². The van der Waals surface area contributed by atoms with Crippen molar-refractivity contribution in [2.24, 2.45) is 0 Å². The number of aliphatic hydroxyl groups is 1. The number of carbonyl (C=O) groups is 1. The van der Waals surface area contributed by atoms with Crippen molar-refractivity contribution < 1.29 is 15.0 Å². The summed E-state index contributed by atoms with van der Waals surface area (Å²) in [5.41, 5.74) is -0.653. The van der Waals surface area contributed by atoms with Crippen LogP contribution in [0.3, 0.4) is 0 Å². The van der Waals surface area contributed by atoms with Gasteiger partial charge in [-0.15, -0.1) is 0 Å². The normalized spacial score (nSPS) is 24.1. The first-order chi connectivity index (χ1) is 7.87. The van der Waals surface area contributed by atoms with E-state index in [1.807, 2.05) is 4.90 Å². The third-order valence-electron chi connectivity index (χ3n) is 2.80. The predicted molar refractivity (Wildman–Crippen MR) is 63.7 cm³/mol. The largest absolute Gasteiger partial charge is 0.478 e. The molecule has 0 aliphatic carbocycles. The number of rotatable bonds is 2. The second-order valence-electron chi connectivity index (χ2n) is 4.51. The average molecular weight is 257 g/mol. The summed E-state index contributed by atoms with van der Waals surface area (Å²) in [6.07, 6.45) is 0.629. The number of nitrogens with zero attached hydrogens (tertiary/aromatic N) is 2. The van der Waals surface area contributed by atoms with Gasteiger partial charge in [0, 0.05) is 13.1 Å². The van der Waals surface area contributed by atoms with E-state index in [9.17, 15) is 9.90 Å². The lowest BCUT2D eigenvalue weighted by Crippen LogP contribution is -2.30. The molecule has 1 atom stereocenters. The fourth-order valence-electron chi connectivity index (χ4n) is 1.91. The quantitative estimate of drug-likeness (QED) is 0.783. The van der Waals surface area contributed by atoms with Crippen LogP contribution in [0, 0.1) is 0 Å². The summed E-state index contributed by atoms with van der Waals surface area (Å²) in [4.78, 5) is 16.8. The van der Waals surface area contributed by atoms with Gasteiger partial charge < -0.3 is 15.1 Å². The third kappa shape index (κ3) is 2.68. The molecule has 1 unspecified atom stereocenters. The summed E-state index contributed by atoms with van der Waals surface area (Å²) < 4.78 is 0. The van der Waals surface area contributed by atoms with Crippen LogP contribution in [-0.2, 0) is 0 Å². The molecule has 17 heavy (non-hydrogen) atoms. The smallest absolute Gasteiger partial charge is 0.335 e. The molecule has 92 valence electrons. The highest BCUT2D eigenvalue weighted by Crippen LogP contribution is 2.26. The summed E-state index contributed by atoms with van der Waals surface area (Å²) in [6.45, 7) is 2.81. The molecule has 0 amide bonds. The molecule has 0 aromatic carbocycles. The second-order valence-corrected chi connectivity index (χ2v) is 4.90. The van der Waals surface area contributed by atoms with Crippen LogP contribution >= 0.6 is 11.6 Å². The van der Waals surface area contributed by atoms with Gasteiger partial charge in [0.15, 0.2) is 0 Å². The molecule has 6 heteroatoms. The lowest BCUT2D eigenvalue weighted by molar-refractivity contribution is 0.0696. The Morgan fingerprint density at radius 3 is 2.82 bits per heavy atom. The third-order valence-corrected chi connectivity index (χ3v) is 3.00. The van der Waals surface area contributed by atoms with Gasteiger partial charge in [-0.05, 0) is 25.5 Å². The van der Waals surface area contributed by atoms with E-state index in [-0.39, 0.29) is 10.7 Å². The maximum Gasteiger partial charge on any atom is 0.335 e. The number of aromatic nitrogens is 1. The van der Waals surface area contributed by atoms with Gasteiger partial charge in [-0.3, -0.25) is 0 Å². The fraction of sp³-hybridized carbons (Fsp3) is 0.455. The molecule has 0 saturated carbocycles. The standard InChI is InChI=1S/C11H13ClN2O3/c1-11(17)2-3-14(6-11)9-5-7(10(15)16)4-8(12)13-9/h4-5,17H,2-3,6H2,1H3,(H,15,16). The first-order valence-electron chi connectivity index (χ1n) is 5.26. The molecule has 1 saturated heterocycles. The molecule has 1 fully saturated rings. The van der Waals surface area contributed by atoms with E-state index in [0.717, 1.165) is 0 Å². The van der Waals surface area contributed by atoms with Crippen LogP contribution in [0.1, 0.15) is 23.7 Å². The molecule has 1 aliphatic heterocycles. The van der Waals surface area contributed by atoms with Crippen molar-refractivity contribution >= 4 is 23.4 Å². The molecule has 0 spiro atoms. The number of hydrogen-bond donors (Lipinski definition) is 2. The lowest BCUT2D eigenvalue weighted by Gasteiger charge is -2.20. The van der Waals surface area contributed by atoms with Crippen LogP contribution in [0.2, 0.25) is 5.15 Å². The topological polar surface area (TPSA) is 73.7 Å². The first kappa shape index (κ1) is 12.1. The van der Waals surface area contributed by atoms with Crippen molar-refractivity contribution in [1.29, 1.82) is 0 Å². The maximum absolute atomic E-state index is 10.9. The van der Waals surface area contributed by atoms with E-state index >= 15 is 0 Å². The van der Waals surface area contributed by atoms with Gasteiger partial charge in [0.2, 0.25) is 0 Å². The molecule has 5 nitrogen and oxygen atoms in total. The molecular formula is C11H13ClN2O3. The number of hydrogen-bond acceptors (Lipinski definition) is 4. The zero-order valence-electron chi connectivity index (χ0n) is 9.35. The molecule has 2 rings (SSSR count). The van der Waals surface area contributed by atoms with E-state index in [1.165, 1.54) is 12.1 Å². The zero-order valence-corrected chi connectivity index (χ0v) is 10.1. The highest BCUT2D eigenvalue weighted by Gasteiger charge is 2.32. The molecule has 1 aliphatic rings. The van der Waals surface area contributed by atoms with Gasteiger partial charge in [0.25, 0.3) is 0 Å². The summed E-state index contributed by atoms with van der Waals surface area (Å²) in [7, 11) is 0. The van der Waals surface area contributed by atoms with Crippen molar-refractivity contribution in [1.82, 2.24) is 4.98 Å². The second kappa shape index (κ2) is 4.16. The molecular weight excluding hydrogens is 244 g/mol. The van der Waals surface area contributed by atoms with Gasteiger partial charge in [-0.1, -0.05) is 11.6 Å². The first-order valence-corrected chi connectivity index (χ1v) is 5.63. The molecule has 2 heterocycles. The Morgan fingerprint density at radius 2 is 2.29 bits per heavy atom. The number of carboxylic acids is 1. The highest BCUT2D eigenvalue weighted by atomic mass is 35.5. The number of β-amino-alcohol motifs (C(OH)–C–C–N with tert-alkyl or cyclic N) is 1. The maximum atomic E-state index is 10.9. The molecule has 2 N–H and O–H groups in total. The zero-order chi connectivity index (χ0) is 12.6. The number of aromatic carboxylic acids is 1. The average Bonchev–Trinajstić information content (AvgIpc) is 2.58.